The van der Waals surface area contributed by atoms with E-state index in [2.05, 4.69) is 10.4 Å². The summed E-state index contributed by atoms with van der Waals surface area (Å²) in [5.41, 5.74) is 1.33. The summed E-state index contributed by atoms with van der Waals surface area (Å²) in [4.78, 5) is 48.7. The van der Waals surface area contributed by atoms with Gasteiger partial charge in [-0.05, 0) is 13.3 Å². The van der Waals surface area contributed by atoms with Gasteiger partial charge in [0.1, 0.15) is 0 Å². The second-order valence-electron chi connectivity index (χ2n) is 4.95. The maximum Gasteiger partial charge on any atom is 0.421 e. The number of amides is 1. The minimum Gasteiger partial charge on any atom is -0.449 e. The van der Waals surface area contributed by atoms with Crippen molar-refractivity contribution in [3.05, 3.63) is 32.6 Å². The van der Waals surface area contributed by atoms with Crippen molar-refractivity contribution in [2.24, 2.45) is 0 Å². The topological polar surface area (TPSA) is 114 Å². The largest absolute Gasteiger partial charge is 0.449 e. The van der Waals surface area contributed by atoms with Gasteiger partial charge in [0.25, 0.3) is 11.5 Å². The lowest BCUT2D eigenvalue weighted by atomic mass is 10.4. The first-order valence-electron chi connectivity index (χ1n) is 7.43. The zero-order valence-corrected chi connectivity index (χ0v) is 13.5. The number of likely N-dealkylation sites (N-methyl/N-ethyl adjacent to an activating group) is 1. The average molecular weight is 326 g/mol. The van der Waals surface area contributed by atoms with Gasteiger partial charge in [-0.25, -0.2) is 19.2 Å². The second-order valence-corrected chi connectivity index (χ2v) is 4.95. The van der Waals surface area contributed by atoms with Crippen LogP contribution in [0.25, 0.3) is 0 Å². The van der Waals surface area contributed by atoms with Crippen LogP contribution in [0.3, 0.4) is 0 Å². The summed E-state index contributed by atoms with van der Waals surface area (Å²) in [6, 6.07) is 0. The Morgan fingerprint density at radius 1 is 1.35 bits per heavy atom. The molecule has 23 heavy (non-hydrogen) atoms. The number of carbonyl (C=O) groups excluding carboxylic acids is 2. The number of hydrogen-bond donors (Lipinski definition) is 2. The molecule has 1 aromatic rings. The number of rotatable bonds is 7. The van der Waals surface area contributed by atoms with Crippen molar-refractivity contribution in [1.29, 1.82) is 0 Å². The second kappa shape index (κ2) is 8.89. The van der Waals surface area contributed by atoms with Gasteiger partial charge in [0.05, 0.1) is 13.2 Å². The van der Waals surface area contributed by atoms with E-state index in [0.29, 0.717) is 13.2 Å². The summed E-state index contributed by atoms with van der Waals surface area (Å²) < 4.78 is 5.75. The third-order valence-electron chi connectivity index (χ3n) is 3.08. The quantitative estimate of drug-likeness (QED) is 0.548. The van der Waals surface area contributed by atoms with Crippen LogP contribution in [0.15, 0.2) is 15.8 Å². The molecule has 0 aliphatic rings. The van der Waals surface area contributed by atoms with Crippen molar-refractivity contribution in [2.45, 2.75) is 33.6 Å². The predicted molar refractivity (Wildman–Crippen MR) is 83.3 cm³/mol. The number of aromatic nitrogens is 2. The number of unbranched alkanes of at least 4 members (excludes halogenated alkanes) is 1. The number of nitrogens with one attached hydrogen (secondary N) is 2. The van der Waals surface area contributed by atoms with Crippen molar-refractivity contribution in [2.75, 3.05) is 19.7 Å². The number of aromatic amines is 1. The Labute approximate surface area is 133 Å². The molecule has 0 saturated carbocycles. The molecule has 0 atom stereocenters. The Kier molecular flexibility index (Phi) is 7.20. The van der Waals surface area contributed by atoms with E-state index in [0.717, 1.165) is 17.4 Å². The molecule has 2 N–H and O–H groups in total. The summed E-state index contributed by atoms with van der Waals surface area (Å²) in [6.07, 6.45) is 2.18. The van der Waals surface area contributed by atoms with E-state index >= 15 is 0 Å². The fourth-order valence-electron chi connectivity index (χ4n) is 1.69. The highest BCUT2D eigenvalue weighted by Crippen LogP contribution is 1.92. The number of hydrogen-bond acceptors (Lipinski definition) is 6. The van der Waals surface area contributed by atoms with Gasteiger partial charge in [0.2, 0.25) is 0 Å². The van der Waals surface area contributed by atoms with Crippen LogP contribution in [-0.4, -0.2) is 46.3 Å². The van der Waals surface area contributed by atoms with Crippen LogP contribution >= 0.6 is 0 Å². The predicted octanol–water partition coefficient (Wildman–Crippen LogP) is 0.248. The third-order valence-corrected chi connectivity index (χ3v) is 3.08. The fraction of sp³-hybridized carbons (Fsp3) is 0.571. The highest BCUT2D eigenvalue weighted by Gasteiger charge is 2.16. The van der Waals surface area contributed by atoms with Crippen LogP contribution in [0.2, 0.25) is 0 Å². The molecule has 0 aliphatic heterocycles. The highest BCUT2D eigenvalue weighted by atomic mass is 16.6. The monoisotopic (exact) mass is 326 g/mol. The number of hydrazine groups is 1. The molecule has 0 bridgehead atoms. The average Bonchev–Trinajstić information content (AvgIpc) is 2.50. The smallest absolute Gasteiger partial charge is 0.421 e. The number of nitrogens with zero attached hydrogens (tertiary/aromatic N) is 2. The molecule has 1 aromatic heterocycles. The molecule has 1 amide bonds. The summed E-state index contributed by atoms with van der Waals surface area (Å²) >= 11 is 0. The standard InChI is InChI=1S/C14H22N4O5/c1-4-6-7-23-14(22)16-17(5-2)9-11(19)18-8-10(3)12(20)15-13(18)21/h8H,4-7,9H2,1-3H3,(H,16,22)(H,15,20,21). The normalized spacial score (nSPS) is 10.6. The van der Waals surface area contributed by atoms with E-state index in [-0.39, 0.29) is 12.1 Å². The molecule has 0 radical (unpaired) electrons. The summed E-state index contributed by atoms with van der Waals surface area (Å²) in [5.74, 6) is -0.579. The molecule has 1 rings (SSSR count). The highest BCUT2D eigenvalue weighted by molar-refractivity contribution is 5.81. The third kappa shape index (κ3) is 5.70. The van der Waals surface area contributed by atoms with Gasteiger partial charge >= 0.3 is 11.8 Å². The Hall–Kier alpha value is -2.42. The zero-order valence-electron chi connectivity index (χ0n) is 13.5. The van der Waals surface area contributed by atoms with Gasteiger partial charge in [0.15, 0.2) is 0 Å². The minimum atomic E-state index is -0.813. The van der Waals surface area contributed by atoms with Crippen LogP contribution in [0.4, 0.5) is 4.79 Å². The Balaban J connectivity index is 2.70. The Morgan fingerprint density at radius 2 is 2.04 bits per heavy atom. The number of H-pyrrole nitrogens is 1. The summed E-state index contributed by atoms with van der Waals surface area (Å²) in [6.45, 7) is 5.61. The van der Waals surface area contributed by atoms with Gasteiger partial charge in [-0.3, -0.25) is 20.0 Å². The van der Waals surface area contributed by atoms with Crippen molar-refractivity contribution < 1.29 is 14.3 Å². The molecular weight excluding hydrogens is 304 g/mol. The van der Waals surface area contributed by atoms with Crippen molar-refractivity contribution in [3.8, 4) is 0 Å². The first kappa shape index (κ1) is 18.6. The van der Waals surface area contributed by atoms with E-state index in [4.69, 9.17) is 4.74 Å². The van der Waals surface area contributed by atoms with E-state index in [1.54, 1.807) is 6.92 Å². The summed E-state index contributed by atoms with van der Waals surface area (Å²) in [7, 11) is 0. The van der Waals surface area contributed by atoms with Gasteiger partial charge in [-0.15, -0.1) is 0 Å². The Morgan fingerprint density at radius 3 is 2.65 bits per heavy atom. The van der Waals surface area contributed by atoms with Crippen LogP contribution in [0.5, 0.6) is 0 Å². The van der Waals surface area contributed by atoms with Crippen LogP contribution < -0.4 is 16.7 Å². The maximum absolute atomic E-state index is 12.1. The first-order chi connectivity index (χ1) is 10.9. The first-order valence-corrected chi connectivity index (χ1v) is 7.43. The lowest BCUT2D eigenvalue weighted by Gasteiger charge is -2.20. The van der Waals surface area contributed by atoms with Gasteiger partial charge in [-0.2, -0.15) is 0 Å². The number of aryl methyl sites for hydroxylation is 1. The molecule has 0 fully saturated rings. The van der Waals surface area contributed by atoms with E-state index < -0.39 is 23.2 Å². The van der Waals surface area contributed by atoms with Crippen molar-refractivity contribution >= 4 is 12.0 Å². The lowest BCUT2D eigenvalue weighted by Crippen LogP contribution is -2.48. The van der Waals surface area contributed by atoms with E-state index in [1.165, 1.54) is 18.1 Å². The molecule has 128 valence electrons. The van der Waals surface area contributed by atoms with E-state index in [9.17, 15) is 19.2 Å². The van der Waals surface area contributed by atoms with Crippen LogP contribution in [0, 0.1) is 6.92 Å². The molecule has 0 aromatic carbocycles. The maximum atomic E-state index is 12.1. The number of ether oxygens (including phenoxy) is 1. The van der Waals surface area contributed by atoms with Crippen LogP contribution in [-0.2, 0) is 4.74 Å². The van der Waals surface area contributed by atoms with Crippen LogP contribution in [0.1, 0.15) is 37.0 Å². The summed E-state index contributed by atoms with van der Waals surface area (Å²) in [5, 5.41) is 1.32. The van der Waals surface area contributed by atoms with Gasteiger partial charge in [0, 0.05) is 18.3 Å². The zero-order chi connectivity index (χ0) is 17.4. The Bertz CT molecular complexity index is 664. The SMILES string of the molecule is CCCCOC(=O)NN(CC)CC(=O)n1cc(C)c(=O)[nH]c1=O. The van der Waals surface area contributed by atoms with Crippen molar-refractivity contribution in [1.82, 2.24) is 20.0 Å². The van der Waals surface area contributed by atoms with Crippen molar-refractivity contribution in [3.63, 3.8) is 0 Å². The minimum absolute atomic E-state index is 0.231. The number of carbonyl (C=O) groups is 2. The lowest BCUT2D eigenvalue weighted by molar-refractivity contribution is 0.0757. The molecule has 0 unspecified atom stereocenters. The molecule has 9 nitrogen and oxygen atoms in total. The van der Waals surface area contributed by atoms with Gasteiger partial charge < -0.3 is 4.74 Å². The molecule has 9 heteroatoms. The fourth-order valence-corrected chi connectivity index (χ4v) is 1.69. The molecule has 0 spiro atoms. The van der Waals surface area contributed by atoms with E-state index in [1.807, 2.05) is 6.92 Å². The molecule has 1 heterocycles. The molecular formula is C14H22N4O5. The van der Waals surface area contributed by atoms with Gasteiger partial charge in [-0.1, -0.05) is 20.3 Å². The molecule has 0 aliphatic carbocycles. The molecule has 0 saturated heterocycles.